The molecule has 214 valence electrons. The van der Waals surface area contributed by atoms with Crippen LogP contribution in [0, 0.1) is 0 Å². The Morgan fingerprint density at radius 2 is 1.62 bits per heavy atom. The standard InChI is InChI=1S/C33H28F3N3O3/c1-22(30-37-27-16-7-6-15-26(27)32(41)39(30)28-17-8-9-18-29(28)42-2)38(20-19-23-11-4-3-5-12-23)31(40)24-13-10-14-25(21-24)33(34,35)36/h3-18,21-22H,19-20H2,1-2H3. The molecule has 0 aliphatic rings. The van der Waals surface area contributed by atoms with E-state index in [1.54, 1.807) is 55.5 Å². The Kier molecular flexibility index (Phi) is 8.10. The van der Waals surface area contributed by atoms with E-state index in [2.05, 4.69) is 0 Å². The maximum absolute atomic E-state index is 14.0. The number of rotatable bonds is 8. The number of nitrogens with zero attached hydrogens (tertiary/aromatic N) is 3. The molecule has 1 amide bonds. The predicted molar refractivity (Wildman–Crippen MR) is 155 cm³/mol. The molecule has 0 saturated carbocycles. The first-order chi connectivity index (χ1) is 20.2. The second-order valence-corrected chi connectivity index (χ2v) is 9.79. The third-order valence-electron chi connectivity index (χ3n) is 7.15. The van der Waals surface area contributed by atoms with Gasteiger partial charge in [0.05, 0.1) is 35.3 Å². The highest BCUT2D eigenvalue weighted by molar-refractivity contribution is 5.94. The lowest BCUT2D eigenvalue weighted by atomic mass is 10.1. The monoisotopic (exact) mass is 571 g/mol. The fraction of sp³-hybridized carbons (Fsp3) is 0.182. The Labute approximate surface area is 240 Å². The SMILES string of the molecule is COc1ccccc1-n1c(C(C)N(CCc2ccccc2)C(=O)c2cccc(C(F)(F)F)c2)nc2ccccc2c1=O. The normalized spacial score (nSPS) is 12.2. The van der Waals surface area contributed by atoms with Crippen LogP contribution in [0.5, 0.6) is 5.75 Å². The van der Waals surface area contributed by atoms with Crippen molar-refractivity contribution in [3.8, 4) is 11.4 Å². The quantitative estimate of drug-likeness (QED) is 0.204. The zero-order valence-corrected chi connectivity index (χ0v) is 23.0. The minimum absolute atomic E-state index is 0.114. The Morgan fingerprint density at radius 1 is 0.929 bits per heavy atom. The summed E-state index contributed by atoms with van der Waals surface area (Å²) in [5.41, 5.74) is 0.418. The first-order valence-corrected chi connectivity index (χ1v) is 13.4. The van der Waals surface area contributed by atoms with Gasteiger partial charge in [0.15, 0.2) is 0 Å². The Morgan fingerprint density at radius 3 is 2.36 bits per heavy atom. The Hall–Kier alpha value is -4.92. The lowest BCUT2D eigenvalue weighted by Crippen LogP contribution is -2.39. The van der Waals surface area contributed by atoms with Gasteiger partial charge in [-0.05, 0) is 61.4 Å². The zero-order chi connectivity index (χ0) is 29.9. The van der Waals surface area contributed by atoms with Gasteiger partial charge in [0.25, 0.3) is 11.5 Å². The van der Waals surface area contributed by atoms with E-state index in [4.69, 9.17) is 9.72 Å². The summed E-state index contributed by atoms with van der Waals surface area (Å²) in [6.45, 7) is 1.88. The van der Waals surface area contributed by atoms with Gasteiger partial charge in [-0.1, -0.05) is 60.7 Å². The number of aromatic nitrogens is 2. The van der Waals surface area contributed by atoms with Crippen LogP contribution in [-0.4, -0.2) is 34.0 Å². The first-order valence-electron chi connectivity index (χ1n) is 13.4. The number of para-hydroxylation sites is 3. The second-order valence-electron chi connectivity index (χ2n) is 9.79. The van der Waals surface area contributed by atoms with Crippen LogP contribution in [0.1, 0.15) is 40.3 Å². The molecule has 0 aliphatic heterocycles. The minimum Gasteiger partial charge on any atom is -0.495 e. The molecule has 0 radical (unpaired) electrons. The van der Waals surface area contributed by atoms with Crippen molar-refractivity contribution < 1.29 is 22.7 Å². The molecule has 9 heteroatoms. The van der Waals surface area contributed by atoms with Crippen LogP contribution in [0.4, 0.5) is 13.2 Å². The summed E-state index contributed by atoms with van der Waals surface area (Å²) in [6, 6.07) is 26.8. The number of benzene rings is 4. The predicted octanol–water partition coefficient (Wildman–Crippen LogP) is 6.86. The molecule has 1 heterocycles. The van der Waals surface area contributed by atoms with E-state index >= 15 is 0 Å². The van der Waals surface area contributed by atoms with Gasteiger partial charge < -0.3 is 9.64 Å². The molecule has 4 aromatic carbocycles. The van der Waals surface area contributed by atoms with Crippen LogP contribution < -0.4 is 10.3 Å². The van der Waals surface area contributed by atoms with E-state index in [0.717, 1.165) is 17.7 Å². The number of hydrogen-bond acceptors (Lipinski definition) is 4. The van der Waals surface area contributed by atoms with Gasteiger partial charge in [0.1, 0.15) is 11.6 Å². The molecule has 0 fully saturated rings. The fourth-order valence-electron chi connectivity index (χ4n) is 4.98. The van der Waals surface area contributed by atoms with E-state index in [1.807, 2.05) is 30.3 Å². The number of amides is 1. The van der Waals surface area contributed by atoms with Crippen LogP contribution in [0.3, 0.4) is 0 Å². The highest BCUT2D eigenvalue weighted by Gasteiger charge is 2.33. The summed E-state index contributed by atoms with van der Waals surface area (Å²) >= 11 is 0. The summed E-state index contributed by atoms with van der Waals surface area (Å²) in [5, 5.41) is 0.374. The first kappa shape index (κ1) is 28.6. The van der Waals surface area contributed by atoms with Crippen LogP contribution in [0.25, 0.3) is 16.6 Å². The third kappa shape index (κ3) is 5.76. The van der Waals surface area contributed by atoms with Crippen molar-refractivity contribution >= 4 is 16.8 Å². The highest BCUT2D eigenvalue weighted by Crippen LogP contribution is 2.32. The van der Waals surface area contributed by atoms with Crippen molar-refractivity contribution in [2.24, 2.45) is 0 Å². The van der Waals surface area contributed by atoms with Gasteiger partial charge in [-0.3, -0.25) is 14.2 Å². The number of fused-ring (bicyclic) bond motifs is 1. The summed E-state index contributed by atoms with van der Waals surface area (Å²) in [4.78, 5) is 34.2. The smallest absolute Gasteiger partial charge is 0.416 e. The largest absolute Gasteiger partial charge is 0.495 e. The van der Waals surface area contributed by atoms with Crippen molar-refractivity contribution in [1.82, 2.24) is 14.5 Å². The highest BCUT2D eigenvalue weighted by atomic mass is 19.4. The zero-order valence-electron chi connectivity index (χ0n) is 23.0. The van der Waals surface area contributed by atoms with Crippen LogP contribution in [0.2, 0.25) is 0 Å². The number of carbonyl (C=O) groups is 1. The van der Waals surface area contributed by atoms with E-state index in [1.165, 1.54) is 28.7 Å². The van der Waals surface area contributed by atoms with Crippen molar-refractivity contribution in [2.75, 3.05) is 13.7 Å². The minimum atomic E-state index is -4.61. The Balaban J connectivity index is 1.68. The molecule has 1 aromatic heterocycles. The van der Waals surface area contributed by atoms with Crippen molar-refractivity contribution in [2.45, 2.75) is 25.6 Å². The topological polar surface area (TPSA) is 64.4 Å². The van der Waals surface area contributed by atoms with E-state index in [9.17, 15) is 22.8 Å². The van der Waals surface area contributed by atoms with Gasteiger partial charge >= 0.3 is 6.18 Å². The number of ether oxygens (including phenoxy) is 1. The fourth-order valence-corrected chi connectivity index (χ4v) is 4.98. The average molecular weight is 572 g/mol. The van der Waals surface area contributed by atoms with Crippen molar-refractivity contribution in [3.63, 3.8) is 0 Å². The third-order valence-corrected chi connectivity index (χ3v) is 7.15. The van der Waals surface area contributed by atoms with E-state index < -0.39 is 23.7 Å². The number of halogens is 3. The molecular weight excluding hydrogens is 543 g/mol. The molecule has 1 atom stereocenters. The average Bonchev–Trinajstić information content (AvgIpc) is 3.01. The maximum Gasteiger partial charge on any atom is 0.416 e. The molecule has 0 N–H and O–H groups in total. The summed E-state index contributed by atoms with van der Waals surface area (Å²) in [5.74, 6) is 0.0558. The van der Waals surface area contributed by atoms with Crippen molar-refractivity contribution in [1.29, 1.82) is 0 Å². The van der Waals surface area contributed by atoms with Gasteiger partial charge in [0, 0.05) is 12.1 Å². The van der Waals surface area contributed by atoms with E-state index in [-0.39, 0.29) is 23.5 Å². The molecule has 5 aromatic rings. The molecule has 0 bridgehead atoms. The summed E-state index contributed by atoms with van der Waals surface area (Å²) in [7, 11) is 1.49. The maximum atomic E-state index is 14.0. The second kappa shape index (κ2) is 11.9. The number of carbonyl (C=O) groups excluding carboxylic acids is 1. The molecule has 0 aliphatic carbocycles. The Bertz CT molecular complexity index is 1780. The van der Waals surface area contributed by atoms with Gasteiger partial charge in [-0.25, -0.2) is 4.98 Å². The number of hydrogen-bond donors (Lipinski definition) is 0. The molecule has 1 unspecified atom stereocenters. The molecule has 0 spiro atoms. The summed E-state index contributed by atoms with van der Waals surface area (Å²) in [6.07, 6.45) is -4.18. The van der Waals surface area contributed by atoms with Crippen molar-refractivity contribution in [3.05, 3.63) is 136 Å². The molecular formula is C33H28F3N3O3. The molecule has 5 rings (SSSR count). The van der Waals surface area contributed by atoms with Crippen LogP contribution >= 0.6 is 0 Å². The molecule has 42 heavy (non-hydrogen) atoms. The van der Waals surface area contributed by atoms with Gasteiger partial charge in [-0.15, -0.1) is 0 Å². The number of alkyl halides is 3. The van der Waals surface area contributed by atoms with Crippen LogP contribution in [-0.2, 0) is 12.6 Å². The molecule has 6 nitrogen and oxygen atoms in total. The van der Waals surface area contributed by atoms with E-state index in [0.29, 0.717) is 28.8 Å². The van der Waals surface area contributed by atoms with Gasteiger partial charge in [0.2, 0.25) is 0 Å². The lowest BCUT2D eigenvalue weighted by molar-refractivity contribution is -0.137. The number of methoxy groups -OCH3 is 1. The molecule has 0 saturated heterocycles. The van der Waals surface area contributed by atoms with Gasteiger partial charge in [-0.2, -0.15) is 13.2 Å². The van der Waals surface area contributed by atoms with Crippen LogP contribution in [0.15, 0.2) is 108 Å². The summed E-state index contributed by atoms with van der Waals surface area (Å²) < 4.78 is 47.6. The lowest BCUT2D eigenvalue weighted by Gasteiger charge is -2.31.